The maximum atomic E-state index is 5.70. The highest BCUT2D eigenvalue weighted by Crippen LogP contribution is 2.29. The summed E-state index contributed by atoms with van der Waals surface area (Å²) in [6.45, 7) is 2.10. The van der Waals surface area contributed by atoms with Crippen molar-refractivity contribution in [2.75, 3.05) is 0 Å². The number of hydrogen-bond donors (Lipinski definition) is 0. The SMILES string of the molecule is Cc1cccc2oc3ccc[c]c3c12. The fourth-order valence-electron chi connectivity index (χ4n) is 1.87. The minimum atomic E-state index is 0.914. The summed E-state index contributed by atoms with van der Waals surface area (Å²) in [5.74, 6) is 0. The summed E-state index contributed by atoms with van der Waals surface area (Å²) in [5, 5.41) is 2.27. The number of fused-ring (bicyclic) bond motifs is 3. The van der Waals surface area contributed by atoms with Crippen LogP contribution in [0.4, 0.5) is 0 Å². The van der Waals surface area contributed by atoms with Crippen molar-refractivity contribution in [2.24, 2.45) is 0 Å². The van der Waals surface area contributed by atoms with Crippen molar-refractivity contribution < 1.29 is 4.42 Å². The molecule has 0 saturated heterocycles. The molecule has 1 radical (unpaired) electrons. The van der Waals surface area contributed by atoms with E-state index < -0.39 is 0 Å². The van der Waals surface area contributed by atoms with E-state index in [9.17, 15) is 0 Å². The van der Waals surface area contributed by atoms with Crippen LogP contribution in [0.15, 0.2) is 40.8 Å². The first-order valence-corrected chi connectivity index (χ1v) is 4.65. The van der Waals surface area contributed by atoms with E-state index in [1.807, 2.05) is 30.3 Å². The molecule has 0 spiro atoms. The Bertz CT molecular complexity index is 605. The van der Waals surface area contributed by atoms with E-state index in [0.717, 1.165) is 16.6 Å². The van der Waals surface area contributed by atoms with E-state index >= 15 is 0 Å². The molecule has 0 fully saturated rings. The van der Waals surface area contributed by atoms with Crippen LogP contribution in [0.25, 0.3) is 21.9 Å². The molecule has 1 nitrogen and oxygen atoms in total. The zero-order valence-electron chi connectivity index (χ0n) is 7.87. The lowest BCUT2D eigenvalue weighted by Crippen LogP contribution is -1.72. The second-order valence-corrected chi connectivity index (χ2v) is 3.46. The average molecular weight is 181 g/mol. The average Bonchev–Trinajstić information content (AvgIpc) is 2.57. The first-order chi connectivity index (χ1) is 6.86. The van der Waals surface area contributed by atoms with Crippen LogP contribution in [-0.4, -0.2) is 0 Å². The highest BCUT2D eigenvalue weighted by Gasteiger charge is 2.07. The molecule has 14 heavy (non-hydrogen) atoms. The van der Waals surface area contributed by atoms with Crippen molar-refractivity contribution in [1.29, 1.82) is 0 Å². The second-order valence-electron chi connectivity index (χ2n) is 3.46. The summed E-state index contributed by atoms with van der Waals surface area (Å²) in [7, 11) is 0. The summed E-state index contributed by atoms with van der Waals surface area (Å²) >= 11 is 0. The Hall–Kier alpha value is -1.76. The van der Waals surface area contributed by atoms with Gasteiger partial charge in [0.25, 0.3) is 0 Å². The van der Waals surface area contributed by atoms with Gasteiger partial charge in [0.2, 0.25) is 0 Å². The maximum absolute atomic E-state index is 5.70. The minimum absolute atomic E-state index is 0.914. The van der Waals surface area contributed by atoms with Gasteiger partial charge in [-0.1, -0.05) is 24.3 Å². The van der Waals surface area contributed by atoms with Gasteiger partial charge in [-0.3, -0.25) is 0 Å². The number of furan rings is 1. The van der Waals surface area contributed by atoms with Gasteiger partial charge in [-0.2, -0.15) is 0 Å². The van der Waals surface area contributed by atoms with Crippen molar-refractivity contribution >= 4 is 21.9 Å². The molecule has 0 aliphatic rings. The van der Waals surface area contributed by atoms with E-state index in [0.29, 0.717) is 0 Å². The second kappa shape index (κ2) is 2.61. The molecule has 0 amide bonds. The number of hydrogen-bond acceptors (Lipinski definition) is 1. The van der Waals surface area contributed by atoms with E-state index in [-0.39, 0.29) is 0 Å². The zero-order chi connectivity index (χ0) is 9.54. The van der Waals surface area contributed by atoms with Crippen molar-refractivity contribution in [1.82, 2.24) is 0 Å². The molecular formula is C13H9O. The smallest absolute Gasteiger partial charge is 0.136 e. The zero-order valence-corrected chi connectivity index (χ0v) is 7.87. The summed E-state index contributed by atoms with van der Waals surface area (Å²) in [6.07, 6.45) is 0. The predicted octanol–water partition coefficient (Wildman–Crippen LogP) is 3.69. The van der Waals surface area contributed by atoms with Crippen LogP contribution in [0.1, 0.15) is 5.56 Å². The summed E-state index contributed by atoms with van der Waals surface area (Å²) in [5.41, 5.74) is 3.10. The number of aryl methyl sites for hydroxylation is 1. The quantitative estimate of drug-likeness (QED) is 0.515. The van der Waals surface area contributed by atoms with Gasteiger partial charge in [-0.25, -0.2) is 0 Å². The lowest BCUT2D eigenvalue weighted by molar-refractivity contribution is 0.669. The topological polar surface area (TPSA) is 13.1 Å². The third kappa shape index (κ3) is 0.896. The van der Waals surface area contributed by atoms with Crippen LogP contribution in [-0.2, 0) is 0 Å². The molecule has 0 bridgehead atoms. The third-order valence-electron chi connectivity index (χ3n) is 2.52. The molecule has 67 valence electrons. The van der Waals surface area contributed by atoms with Crippen molar-refractivity contribution in [2.45, 2.75) is 6.92 Å². The molecular weight excluding hydrogens is 172 g/mol. The van der Waals surface area contributed by atoms with Gasteiger partial charge in [0.1, 0.15) is 11.2 Å². The van der Waals surface area contributed by atoms with Crippen LogP contribution in [0.5, 0.6) is 0 Å². The molecule has 2 aromatic carbocycles. The molecule has 1 heteroatoms. The highest BCUT2D eigenvalue weighted by molar-refractivity contribution is 6.06. The Morgan fingerprint density at radius 2 is 1.93 bits per heavy atom. The van der Waals surface area contributed by atoms with Crippen molar-refractivity contribution in [3.8, 4) is 0 Å². The molecule has 3 rings (SSSR count). The van der Waals surface area contributed by atoms with Gasteiger partial charge in [0, 0.05) is 10.8 Å². The number of benzene rings is 2. The van der Waals surface area contributed by atoms with Gasteiger partial charge in [0.05, 0.1) is 0 Å². The highest BCUT2D eigenvalue weighted by atomic mass is 16.3. The van der Waals surface area contributed by atoms with E-state index in [2.05, 4.69) is 19.1 Å². The fourth-order valence-corrected chi connectivity index (χ4v) is 1.87. The third-order valence-corrected chi connectivity index (χ3v) is 2.52. The monoisotopic (exact) mass is 181 g/mol. The fraction of sp³-hybridized carbons (Fsp3) is 0.0769. The van der Waals surface area contributed by atoms with Gasteiger partial charge in [-0.05, 0) is 30.7 Å². The first-order valence-electron chi connectivity index (χ1n) is 4.65. The van der Waals surface area contributed by atoms with E-state index in [4.69, 9.17) is 4.42 Å². The standard InChI is InChI=1S/C13H9O/c1-9-5-4-8-12-13(9)10-6-2-3-7-11(10)14-12/h2-5,7-8H,1H3. The molecule has 0 saturated carbocycles. The molecule has 3 aromatic rings. The minimum Gasteiger partial charge on any atom is -0.456 e. The number of rotatable bonds is 0. The van der Waals surface area contributed by atoms with Gasteiger partial charge in [-0.15, -0.1) is 0 Å². The van der Waals surface area contributed by atoms with Crippen LogP contribution >= 0.6 is 0 Å². The van der Waals surface area contributed by atoms with Gasteiger partial charge in [0.15, 0.2) is 0 Å². The normalized spacial score (nSPS) is 11.2. The van der Waals surface area contributed by atoms with Crippen LogP contribution < -0.4 is 0 Å². The molecule has 0 N–H and O–H groups in total. The Balaban J connectivity index is 2.65. The molecule has 0 atom stereocenters. The van der Waals surface area contributed by atoms with E-state index in [1.165, 1.54) is 10.9 Å². The van der Waals surface area contributed by atoms with Gasteiger partial charge >= 0.3 is 0 Å². The summed E-state index contributed by atoms with van der Waals surface area (Å²) in [4.78, 5) is 0. The maximum Gasteiger partial charge on any atom is 0.136 e. The Morgan fingerprint density at radius 1 is 1.07 bits per heavy atom. The predicted molar refractivity (Wildman–Crippen MR) is 57.3 cm³/mol. The van der Waals surface area contributed by atoms with Crippen LogP contribution in [0.3, 0.4) is 0 Å². The lowest BCUT2D eigenvalue weighted by Gasteiger charge is -1.92. The Kier molecular flexibility index (Phi) is 1.42. The molecule has 1 aromatic heterocycles. The lowest BCUT2D eigenvalue weighted by atomic mass is 10.1. The molecule has 1 heterocycles. The van der Waals surface area contributed by atoms with Crippen LogP contribution in [0.2, 0.25) is 0 Å². The Morgan fingerprint density at radius 3 is 2.86 bits per heavy atom. The largest absolute Gasteiger partial charge is 0.456 e. The van der Waals surface area contributed by atoms with Crippen LogP contribution in [0, 0.1) is 13.0 Å². The molecule has 0 aliphatic heterocycles. The summed E-state index contributed by atoms with van der Waals surface area (Å²) < 4.78 is 5.70. The van der Waals surface area contributed by atoms with Crippen molar-refractivity contribution in [3.63, 3.8) is 0 Å². The molecule has 0 unspecified atom stereocenters. The van der Waals surface area contributed by atoms with E-state index in [1.54, 1.807) is 0 Å². The summed E-state index contributed by atoms with van der Waals surface area (Å²) in [6, 6.07) is 15.2. The molecule has 0 aliphatic carbocycles. The van der Waals surface area contributed by atoms with Crippen molar-refractivity contribution in [3.05, 3.63) is 48.0 Å². The Labute approximate surface area is 82.0 Å². The first kappa shape index (κ1) is 7.63. The van der Waals surface area contributed by atoms with Gasteiger partial charge < -0.3 is 4.42 Å².